The third kappa shape index (κ3) is 2.33. The van der Waals surface area contributed by atoms with E-state index in [0.717, 1.165) is 32.5 Å². The molecule has 1 N–H and O–H groups in total. The van der Waals surface area contributed by atoms with E-state index in [4.69, 9.17) is 0 Å². The van der Waals surface area contributed by atoms with Gasteiger partial charge in [0.15, 0.2) is 0 Å². The molecule has 86 valence electrons. The standard InChI is InChI=1S/C12H22N2O/c1-2-11-5-3-4-8-14(11)12(15)10-6-7-13-9-10/h10-11,13H,2-9H2,1H3/t10-,11?/m0/s1. The Kier molecular flexibility index (Phi) is 3.62. The van der Waals surface area contributed by atoms with Crippen molar-refractivity contribution in [3.63, 3.8) is 0 Å². The second kappa shape index (κ2) is 4.97. The maximum atomic E-state index is 12.3. The average Bonchev–Trinajstić information content (AvgIpc) is 2.81. The van der Waals surface area contributed by atoms with E-state index in [1.807, 2.05) is 0 Å². The van der Waals surface area contributed by atoms with Crippen LogP contribution in [0, 0.1) is 5.92 Å². The predicted molar refractivity (Wildman–Crippen MR) is 60.6 cm³/mol. The highest BCUT2D eigenvalue weighted by molar-refractivity contribution is 5.79. The molecular formula is C12H22N2O. The third-order valence-electron chi connectivity index (χ3n) is 3.79. The summed E-state index contributed by atoms with van der Waals surface area (Å²) in [5, 5.41) is 3.28. The molecule has 2 aliphatic rings. The number of amides is 1. The van der Waals surface area contributed by atoms with Crippen LogP contribution in [0.5, 0.6) is 0 Å². The molecule has 2 rings (SSSR count). The van der Waals surface area contributed by atoms with Crippen molar-refractivity contribution in [2.75, 3.05) is 19.6 Å². The van der Waals surface area contributed by atoms with Crippen LogP contribution in [0.3, 0.4) is 0 Å². The molecule has 3 nitrogen and oxygen atoms in total. The van der Waals surface area contributed by atoms with Gasteiger partial charge in [-0.25, -0.2) is 0 Å². The summed E-state index contributed by atoms with van der Waals surface area (Å²) in [6.45, 7) is 5.10. The van der Waals surface area contributed by atoms with Gasteiger partial charge in [0.1, 0.15) is 0 Å². The summed E-state index contributed by atoms with van der Waals surface area (Å²) in [7, 11) is 0. The Morgan fingerprint density at radius 3 is 2.93 bits per heavy atom. The smallest absolute Gasteiger partial charge is 0.227 e. The molecule has 0 aromatic carbocycles. The lowest BCUT2D eigenvalue weighted by Gasteiger charge is -2.36. The van der Waals surface area contributed by atoms with Gasteiger partial charge in [0.05, 0.1) is 5.92 Å². The van der Waals surface area contributed by atoms with Crippen LogP contribution in [0.15, 0.2) is 0 Å². The van der Waals surface area contributed by atoms with Gasteiger partial charge in [-0.3, -0.25) is 4.79 Å². The lowest BCUT2D eigenvalue weighted by molar-refractivity contribution is -0.138. The summed E-state index contributed by atoms with van der Waals surface area (Å²) < 4.78 is 0. The zero-order valence-electron chi connectivity index (χ0n) is 9.67. The molecule has 3 heteroatoms. The molecule has 0 aliphatic carbocycles. The summed E-state index contributed by atoms with van der Waals surface area (Å²) in [6.07, 6.45) is 5.85. The van der Waals surface area contributed by atoms with Gasteiger partial charge in [-0.2, -0.15) is 0 Å². The van der Waals surface area contributed by atoms with Crippen LogP contribution >= 0.6 is 0 Å². The highest BCUT2D eigenvalue weighted by Gasteiger charge is 2.31. The quantitative estimate of drug-likeness (QED) is 0.747. The number of nitrogens with one attached hydrogen (secondary N) is 1. The molecule has 0 spiro atoms. The first-order valence-electron chi connectivity index (χ1n) is 6.34. The fourth-order valence-electron chi connectivity index (χ4n) is 2.82. The first kappa shape index (κ1) is 10.9. The Bertz CT molecular complexity index is 224. The van der Waals surface area contributed by atoms with E-state index in [9.17, 15) is 4.79 Å². The number of hydrogen-bond donors (Lipinski definition) is 1. The molecule has 1 unspecified atom stereocenters. The third-order valence-corrected chi connectivity index (χ3v) is 3.79. The lowest BCUT2D eigenvalue weighted by Crippen LogP contribution is -2.46. The fraction of sp³-hybridized carbons (Fsp3) is 0.917. The summed E-state index contributed by atoms with van der Waals surface area (Å²) in [4.78, 5) is 14.4. The molecule has 2 atom stereocenters. The van der Waals surface area contributed by atoms with Gasteiger partial charge in [0.2, 0.25) is 5.91 Å². The summed E-state index contributed by atoms with van der Waals surface area (Å²) in [5.74, 6) is 0.670. The lowest BCUT2D eigenvalue weighted by atomic mass is 9.97. The van der Waals surface area contributed by atoms with Crippen LogP contribution in [0.25, 0.3) is 0 Å². The predicted octanol–water partition coefficient (Wildman–Crippen LogP) is 1.39. The van der Waals surface area contributed by atoms with Gasteiger partial charge < -0.3 is 10.2 Å². The van der Waals surface area contributed by atoms with E-state index in [2.05, 4.69) is 17.1 Å². The van der Waals surface area contributed by atoms with Gasteiger partial charge in [-0.15, -0.1) is 0 Å². The molecular weight excluding hydrogens is 188 g/mol. The number of likely N-dealkylation sites (tertiary alicyclic amines) is 1. The van der Waals surface area contributed by atoms with Crippen LogP contribution < -0.4 is 5.32 Å². The number of carbonyl (C=O) groups excluding carboxylic acids is 1. The Balaban J connectivity index is 1.96. The zero-order chi connectivity index (χ0) is 10.7. The Hall–Kier alpha value is -0.570. The summed E-state index contributed by atoms with van der Waals surface area (Å²) in [5.41, 5.74) is 0. The Morgan fingerprint density at radius 1 is 1.40 bits per heavy atom. The normalized spacial score (nSPS) is 31.9. The minimum Gasteiger partial charge on any atom is -0.339 e. The molecule has 1 amide bonds. The zero-order valence-corrected chi connectivity index (χ0v) is 9.67. The van der Waals surface area contributed by atoms with Crippen molar-refractivity contribution in [2.45, 2.75) is 45.1 Å². The highest BCUT2D eigenvalue weighted by atomic mass is 16.2. The van der Waals surface area contributed by atoms with E-state index >= 15 is 0 Å². The van der Waals surface area contributed by atoms with Crippen LogP contribution in [-0.4, -0.2) is 36.5 Å². The van der Waals surface area contributed by atoms with E-state index < -0.39 is 0 Å². The number of carbonyl (C=O) groups is 1. The SMILES string of the molecule is CCC1CCCCN1C(=O)[C@H]1CCNC1. The van der Waals surface area contributed by atoms with Crippen LogP contribution in [0.4, 0.5) is 0 Å². The molecule has 0 bridgehead atoms. The Labute approximate surface area is 92.2 Å². The summed E-state index contributed by atoms with van der Waals surface area (Å²) >= 11 is 0. The van der Waals surface area contributed by atoms with E-state index in [0.29, 0.717) is 11.9 Å². The molecule has 0 radical (unpaired) electrons. The van der Waals surface area contributed by atoms with Crippen molar-refractivity contribution >= 4 is 5.91 Å². The molecule has 15 heavy (non-hydrogen) atoms. The minimum absolute atomic E-state index is 0.261. The Morgan fingerprint density at radius 2 is 2.27 bits per heavy atom. The topological polar surface area (TPSA) is 32.3 Å². The first-order valence-corrected chi connectivity index (χ1v) is 6.34. The van der Waals surface area contributed by atoms with Crippen LogP contribution in [0.1, 0.15) is 39.0 Å². The van der Waals surface area contributed by atoms with Crippen LogP contribution in [-0.2, 0) is 4.79 Å². The fourth-order valence-corrected chi connectivity index (χ4v) is 2.82. The number of piperidine rings is 1. The van der Waals surface area contributed by atoms with Gasteiger partial charge >= 0.3 is 0 Å². The van der Waals surface area contributed by atoms with Crippen molar-refractivity contribution in [1.82, 2.24) is 10.2 Å². The maximum absolute atomic E-state index is 12.3. The van der Waals surface area contributed by atoms with E-state index in [-0.39, 0.29) is 5.92 Å². The first-order chi connectivity index (χ1) is 7.33. The summed E-state index contributed by atoms with van der Waals surface area (Å²) in [6, 6.07) is 0.520. The van der Waals surface area contributed by atoms with Gasteiger partial charge in [0.25, 0.3) is 0 Å². The number of nitrogens with zero attached hydrogens (tertiary/aromatic N) is 1. The second-order valence-electron chi connectivity index (χ2n) is 4.78. The number of hydrogen-bond acceptors (Lipinski definition) is 2. The monoisotopic (exact) mass is 210 g/mol. The van der Waals surface area contributed by atoms with E-state index in [1.165, 1.54) is 19.3 Å². The second-order valence-corrected chi connectivity index (χ2v) is 4.78. The van der Waals surface area contributed by atoms with Crippen molar-refractivity contribution in [3.8, 4) is 0 Å². The van der Waals surface area contributed by atoms with Crippen molar-refractivity contribution < 1.29 is 4.79 Å². The van der Waals surface area contributed by atoms with Crippen molar-refractivity contribution in [2.24, 2.45) is 5.92 Å². The molecule has 2 saturated heterocycles. The number of rotatable bonds is 2. The van der Waals surface area contributed by atoms with E-state index in [1.54, 1.807) is 0 Å². The molecule has 2 heterocycles. The average molecular weight is 210 g/mol. The highest BCUT2D eigenvalue weighted by Crippen LogP contribution is 2.23. The largest absolute Gasteiger partial charge is 0.339 e. The van der Waals surface area contributed by atoms with Crippen LogP contribution in [0.2, 0.25) is 0 Å². The molecule has 2 fully saturated rings. The molecule has 0 aromatic heterocycles. The van der Waals surface area contributed by atoms with Crippen molar-refractivity contribution in [1.29, 1.82) is 0 Å². The van der Waals surface area contributed by atoms with Gasteiger partial charge in [-0.05, 0) is 38.6 Å². The van der Waals surface area contributed by atoms with Crippen molar-refractivity contribution in [3.05, 3.63) is 0 Å². The molecule has 0 saturated carbocycles. The van der Waals surface area contributed by atoms with Gasteiger partial charge in [-0.1, -0.05) is 6.92 Å². The minimum atomic E-state index is 0.261. The molecule has 2 aliphatic heterocycles. The maximum Gasteiger partial charge on any atom is 0.227 e. The van der Waals surface area contributed by atoms with Gasteiger partial charge in [0, 0.05) is 19.1 Å². The molecule has 0 aromatic rings.